The van der Waals surface area contributed by atoms with E-state index in [1.54, 1.807) is 6.20 Å². The van der Waals surface area contributed by atoms with Crippen LogP contribution in [0.5, 0.6) is 0 Å². The lowest BCUT2D eigenvalue weighted by molar-refractivity contribution is 1.06. The van der Waals surface area contributed by atoms with Gasteiger partial charge in [0.1, 0.15) is 5.52 Å². The van der Waals surface area contributed by atoms with Gasteiger partial charge in [-0.2, -0.15) is 0 Å². The number of nitrogen functional groups attached to an aromatic ring is 2. The fourth-order valence-electron chi connectivity index (χ4n) is 5.28. The van der Waals surface area contributed by atoms with Gasteiger partial charge in [0.25, 0.3) is 0 Å². The van der Waals surface area contributed by atoms with Crippen LogP contribution in [0.4, 0.5) is 11.4 Å². The maximum atomic E-state index is 6.94. The van der Waals surface area contributed by atoms with E-state index < -0.39 is 0 Å². The molecule has 0 atom stereocenters. The number of para-hydroxylation sites is 2. The van der Waals surface area contributed by atoms with Crippen LogP contribution in [0, 0.1) is 0 Å². The fraction of sp³-hybridized carbons (Fsp3) is 0. The van der Waals surface area contributed by atoms with Crippen molar-refractivity contribution >= 4 is 33.3 Å². The zero-order chi connectivity index (χ0) is 25.6. The minimum atomic E-state index is 0.578. The summed E-state index contributed by atoms with van der Waals surface area (Å²) in [5, 5.41) is 0.951. The molecule has 0 fully saturated rings. The van der Waals surface area contributed by atoms with Crippen LogP contribution in [0.3, 0.4) is 0 Å². The van der Waals surface area contributed by atoms with E-state index in [1.807, 2.05) is 79.0 Å². The minimum absolute atomic E-state index is 0.578. The van der Waals surface area contributed by atoms with Crippen LogP contribution in [0.1, 0.15) is 0 Å². The molecule has 0 aliphatic rings. The number of rotatable bonds is 4. The third-order valence-electron chi connectivity index (χ3n) is 6.99. The summed E-state index contributed by atoms with van der Waals surface area (Å²) in [6, 6.07) is 36.5. The minimum Gasteiger partial charge on any atom is -0.396 e. The first-order valence-electron chi connectivity index (χ1n) is 12.4. The van der Waals surface area contributed by atoms with E-state index in [1.165, 1.54) is 0 Å². The largest absolute Gasteiger partial charge is 0.396 e. The maximum absolute atomic E-state index is 6.94. The number of fused-ring (bicyclic) bond motifs is 2. The van der Waals surface area contributed by atoms with Crippen LogP contribution in [-0.4, -0.2) is 19.1 Å². The molecule has 0 spiro atoms. The van der Waals surface area contributed by atoms with Crippen molar-refractivity contribution in [2.24, 2.45) is 0 Å². The highest BCUT2D eigenvalue weighted by Gasteiger charge is 2.26. The van der Waals surface area contributed by atoms with Crippen LogP contribution in [0.25, 0.3) is 56.0 Å². The molecule has 4 N–H and O–H groups in total. The van der Waals surface area contributed by atoms with Gasteiger partial charge < -0.3 is 20.6 Å². The summed E-state index contributed by atoms with van der Waals surface area (Å²) in [4.78, 5) is 9.45. The third kappa shape index (κ3) is 3.28. The average Bonchev–Trinajstić information content (AvgIpc) is 3.44. The van der Waals surface area contributed by atoms with Gasteiger partial charge in [0, 0.05) is 22.8 Å². The van der Waals surface area contributed by atoms with E-state index in [0.717, 1.165) is 56.0 Å². The summed E-state index contributed by atoms with van der Waals surface area (Å²) in [6.45, 7) is 0. The molecule has 0 saturated carbocycles. The van der Waals surface area contributed by atoms with Gasteiger partial charge in [-0.05, 0) is 42.5 Å². The predicted octanol–water partition coefficient (Wildman–Crippen LogP) is 6.86. The van der Waals surface area contributed by atoms with E-state index in [4.69, 9.17) is 16.5 Å². The van der Waals surface area contributed by atoms with E-state index >= 15 is 0 Å². The Morgan fingerprint density at radius 3 is 1.95 bits per heavy atom. The second kappa shape index (κ2) is 8.64. The van der Waals surface area contributed by atoms with Crippen molar-refractivity contribution in [1.82, 2.24) is 19.1 Å². The number of hydrogen-bond acceptors (Lipinski definition) is 4. The summed E-state index contributed by atoms with van der Waals surface area (Å²) in [5.74, 6) is 0. The Morgan fingerprint density at radius 2 is 1.18 bits per heavy atom. The summed E-state index contributed by atoms with van der Waals surface area (Å²) in [5.41, 5.74) is 23.1. The number of nitrogens with zero attached hydrogens (tertiary/aromatic N) is 4. The first-order chi connectivity index (χ1) is 18.7. The highest BCUT2D eigenvalue weighted by molar-refractivity contribution is 6.08. The van der Waals surface area contributed by atoms with Gasteiger partial charge in [0.15, 0.2) is 0 Å². The molecule has 7 aromatic rings. The molecule has 0 amide bonds. The van der Waals surface area contributed by atoms with Crippen molar-refractivity contribution in [2.75, 3.05) is 11.5 Å². The lowest BCUT2D eigenvalue weighted by Gasteiger charge is -2.16. The van der Waals surface area contributed by atoms with Gasteiger partial charge in [0.2, 0.25) is 0 Å². The summed E-state index contributed by atoms with van der Waals surface area (Å²) >= 11 is 0. The zero-order valence-electron chi connectivity index (χ0n) is 20.5. The summed E-state index contributed by atoms with van der Waals surface area (Å²) < 4.78 is 4.29. The molecular formula is C32H24N6. The lowest BCUT2D eigenvalue weighted by atomic mass is 10.1. The van der Waals surface area contributed by atoms with Gasteiger partial charge in [-0.3, -0.25) is 9.97 Å². The van der Waals surface area contributed by atoms with Crippen LogP contribution in [0.2, 0.25) is 0 Å². The number of nitrogens with two attached hydrogens (primary N) is 2. The SMILES string of the molecule is Nc1c(-c2c(N)c3ncccc3n2-c2ccccc2)n(-c2ccc(-c3ccccc3)nc2)c2ccccc12. The van der Waals surface area contributed by atoms with Crippen molar-refractivity contribution in [3.63, 3.8) is 0 Å². The highest BCUT2D eigenvalue weighted by atomic mass is 15.1. The summed E-state index contributed by atoms with van der Waals surface area (Å²) in [6.07, 6.45) is 3.66. The molecule has 3 aromatic carbocycles. The van der Waals surface area contributed by atoms with Gasteiger partial charge >= 0.3 is 0 Å². The Labute approximate surface area is 219 Å². The Bertz CT molecular complexity index is 1920. The van der Waals surface area contributed by atoms with Gasteiger partial charge in [-0.1, -0.05) is 66.7 Å². The maximum Gasteiger partial charge on any atom is 0.112 e. The molecule has 0 radical (unpaired) electrons. The lowest BCUT2D eigenvalue weighted by Crippen LogP contribution is -2.05. The standard InChI is InChI=1S/C32H24N6/c33-28-24-14-7-8-15-26(24)38(23-17-18-25(36-20-23)21-10-3-1-4-11-21)31(28)32-29(34)30-27(16-9-19-35-30)37(32)22-12-5-2-6-13-22/h1-20H,33-34H2. The number of anilines is 2. The van der Waals surface area contributed by atoms with Crippen LogP contribution in [0.15, 0.2) is 122 Å². The molecule has 6 nitrogen and oxygen atoms in total. The molecular weight excluding hydrogens is 468 g/mol. The van der Waals surface area contributed by atoms with E-state index in [-0.39, 0.29) is 0 Å². The molecule has 0 unspecified atom stereocenters. The Hall–Kier alpha value is -5.36. The molecule has 0 aliphatic carbocycles. The van der Waals surface area contributed by atoms with Crippen LogP contribution < -0.4 is 11.5 Å². The second-order valence-electron chi connectivity index (χ2n) is 9.19. The second-order valence-corrected chi connectivity index (χ2v) is 9.19. The van der Waals surface area contributed by atoms with Crippen LogP contribution >= 0.6 is 0 Å². The quantitative estimate of drug-likeness (QED) is 0.281. The van der Waals surface area contributed by atoms with E-state index in [2.05, 4.69) is 50.5 Å². The first kappa shape index (κ1) is 21.9. The zero-order valence-corrected chi connectivity index (χ0v) is 20.5. The highest BCUT2D eigenvalue weighted by Crippen LogP contribution is 2.45. The van der Waals surface area contributed by atoms with Crippen molar-refractivity contribution < 1.29 is 0 Å². The molecule has 0 saturated heterocycles. The van der Waals surface area contributed by atoms with E-state index in [9.17, 15) is 0 Å². The van der Waals surface area contributed by atoms with Crippen molar-refractivity contribution in [3.8, 4) is 34.0 Å². The first-order valence-corrected chi connectivity index (χ1v) is 12.4. The topological polar surface area (TPSA) is 87.7 Å². The Kier molecular flexibility index (Phi) is 4.97. The molecule has 4 heterocycles. The molecule has 4 aromatic heterocycles. The third-order valence-corrected chi connectivity index (χ3v) is 6.99. The monoisotopic (exact) mass is 492 g/mol. The number of aromatic nitrogens is 4. The van der Waals surface area contributed by atoms with Gasteiger partial charge in [0.05, 0.1) is 51.4 Å². The fourth-order valence-corrected chi connectivity index (χ4v) is 5.28. The van der Waals surface area contributed by atoms with Crippen LogP contribution in [-0.2, 0) is 0 Å². The Morgan fingerprint density at radius 1 is 0.526 bits per heavy atom. The molecule has 0 aliphatic heterocycles. The van der Waals surface area contributed by atoms with Crippen molar-refractivity contribution in [1.29, 1.82) is 0 Å². The number of pyridine rings is 2. The van der Waals surface area contributed by atoms with E-state index in [0.29, 0.717) is 11.4 Å². The number of benzene rings is 3. The predicted molar refractivity (Wildman–Crippen MR) is 155 cm³/mol. The Balaban J connectivity index is 1.55. The molecule has 7 rings (SSSR count). The molecule has 38 heavy (non-hydrogen) atoms. The summed E-state index contributed by atoms with van der Waals surface area (Å²) in [7, 11) is 0. The molecule has 6 heteroatoms. The van der Waals surface area contributed by atoms with Crippen molar-refractivity contribution in [2.45, 2.75) is 0 Å². The van der Waals surface area contributed by atoms with Gasteiger partial charge in [-0.15, -0.1) is 0 Å². The smallest absolute Gasteiger partial charge is 0.112 e. The van der Waals surface area contributed by atoms with Gasteiger partial charge in [-0.25, -0.2) is 0 Å². The van der Waals surface area contributed by atoms with Crippen molar-refractivity contribution in [3.05, 3.63) is 122 Å². The number of hydrogen-bond donors (Lipinski definition) is 2. The molecule has 182 valence electrons. The average molecular weight is 493 g/mol. The normalized spacial score (nSPS) is 11.4. The molecule has 0 bridgehead atoms.